The van der Waals surface area contributed by atoms with Crippen LogP contribution in [0.3, 0.4) is 0 Å². The summed E-state index contributed by atoms with van der Waals surface area (Å²) < 4.78 is 60.9. The van der Waals surface area contributed by atoms with E-state index in [0.29, 0.717) is 46.7 Å². The summed E-state index contributed by atoms with van der Waals surface area (Å²) in [5.74, 6) is -0.780. The van der Waals surface area contributed by atoms with Crippen LogP contribution < -0.4 is 10.1 Å². The molecule has 0 aliphatic carbocycles. The third-order valence-electron chi connectivity index (χ3n) is 5.81. The summed E-state index contributed by atoms with van der Waals surface area (Å²) in [5.41, 5.74) is 2.68. The molecule has 12 heteroatoms. The Morgan fingerprint density at radius 1 is 1.19 bits per heavy atom. The van der Waals surface area contributed by atoms with Crippen LogP contribution >= 0.6 is 0 Å². The second-order valence-electron chi connectivity index (χ2n) is 8.40. The molecule has 36 heavy (non-hydrogen) atoms. The van der Waals surface area contributed by atoms with Gasteiger partial charge in [-0.25, -0.2) is 14.1 Å². The Labute approximate surface area is 202 Å². The van der Waals surface area contributed by atoms with E-state index in [0.717, 1.165) is 0 Å². The van der Waals surface area contributed by atoms with Crippen molar-refractivity contribution in [3.8, 4) is 22.7 Å². The number of aryl methyl sites for hydroxylation is 1. The summed E-state index contributed by atoms with van der Waals surface area (Å²) in [6.45, 7) is 0.291. The van der Waals surface area contributed by atoms with Crippen molar-refractivity contribution in [3.63, 3.8) is 0 Å². The zero-order valence-corrected chi connectivity index (χ0v) is 19.0. The SMILES string of the molecule is Cc1cn(-c2ccc(-c3cn(C4CCc5c(F)cccc5NC4=O)nn3)cc2OCC(F)(F)F)cn1. The summed E-state index contributed by atoms with van der Waals surface area (Å²) in [4.78, 5) is 16.9. The molecule has 0 saturated heterocycles. The van der Waals surface area contributed by atoms with Gasteiger partial charge in [-0.3, -0.25) is 4.79 Å². The van der Waals surface area contributed by atoms with Crippen molar-refractivity contribution in [2.75, 3.05) is 11.9 Å². The van der Waals surface area contributed by atoms with Crippen molar-refractivity contribution in [3.05, 3.63) is 72.2 Å². The number of nitrogens with one attached hydrogen (secondary N) is 1. The van der Waals surface area contributed by atoms with Gasteiger partial charge in [0.25, 0.3) is 0 Å². The number of halogens is 4. The Bertz CT molecular complexity index is 1430. The zero-order chi connectivity index (χ0) is 25.4. The molecule has 2 aromatic heterocycles. The van der Waals surface area contributed by atoms with E-state index in [1.165, 1.54) is 35.4 Å². The molecular weight excluding hydrogens is 480 g/mol. The molecule has 1 aliphatic rings. The van der Waals surface area contributed by atoms with Crippen LogP contribution in [-0.4, -0.2) is 43.2 Å². The van der Waals surface area contributed by atoms with E-state index >= 15 is 0 Å². The van der Waals surface area contributed by atoms with Crippen molar-refractivity contribution in [1.29, 1.82) is 0 Å². The van der Waals surface area contributed by atoms with Gasteiger partial charge < -0.3 is 14.6 Å². The average molecular weight is 500 g/mol. The lowest BCUT2D eigenvalue weighted by Crippen LogP contribution is -2.25. The first-order valence-corrected chi connectivity index (χ1v) is 11.0. The normalized spacial score (nSPS) is 15.8. The summed E-state index contributed by atoms with van der Waals surface area (Å²) in [5, 5.41) is 10.9. The summed E-state index contributed by atoms with van der Waals surface area (Å²) in [6, 6.07) is 8.45. The highest BCUT2D eigenvalue weighted by atomic mass is 19.4. The predicted molar refractivity (Wildman–Crippen MR) is 121 cm³/mol. The Balaban J connectivity index is 1.44. The quantitative estimate of drug-likeness (QED) is 0.404. The van der Waals surface area contributed by atoms with E-state index in [1.54, 1.807) is 35.9 Å². The largest absolute Gasteiger partial charge is 0.482 e. The number of nitrogens with zero attached hydrogens (tertiary/aromatic N) is 5. The van der Waals surface area contributed by atoms with Crippen LogP contribution in [0.4, 0.5) is 23.2 Å². The fourth-order valence-electron chi connectivity index (χ4n) is 4.09. The van der Waals surface area contributed by atoms with E-state index < -0.39 is 24.6 Å². The van der Waals surface area contributed by atoms with Gasteiger partial charge >= 0.3 is 6.18 Å². The van der Waals surface area contributed by atoms with Gasteiger partial charge in [-0.15, -0.1) is 5.10 Å². The number of imidazole rings is 1. The van der Waals surface area contributed by atoms with E-state index in [9.17, 15) is 22.4 Å². The minimum absolute atomic E-state index is 0.0186. The van der Waals surface area contributed by atoms with Gasteiger partial charge in [0, 0.05) is 23.0 Å². The Hall–Kier alpha value is -4.22. The molecule has 1 aliphatic heterocycles. The first-order chi connectivity index (χ1) is 17.2. The van der Waals surface area contributed by atoms with Crippen molar-refractivity contribution in [2.24, 2.45) is 0 Å². The second kappa shape index (κ2) is 9.10. The number of benzene rings is 2. The zero-order valence-electron chi connectivity index (χ0n) is 19.0. The molecule has 5 rings (SSSR count). The highest BCUT2D eigenvalue weighted by Gasteiger charge is 2.30. The molecule has 0 spiro atoms. The van der Waals surface area contributed by atoms with E-state index in [2.05, 4.69) is 20.6 Å². The standard InChI is InChI=1S/C24H20F4N6O2/c1-14-10-33(13-29-14)20-7-5-15(9-22(20)36-12-24(26,27)28)19-11-34(32-31-19)21-8-6-16-17(25)3-2-4-18(16)30-23(21)35/h2-5,7,9-11,13,21H,6,8,12H2,1H3,(H,30,35). The Kier molecular flexibility index (Phi) is 5.94. The number of hydrogen-bond acceptors (Lipinski definition) is 5. The lowest BCUT2D eigenvalue weighted by atomic mass is 10.1. The Morgan fingerprint density at radius 2 is 2.03 bits per heavy atom. The molecule has 1 amide bonds. The van der Waals surface area contributed by atoms with E-state index in [4.69, 9.17) is 4.74 Å². The lowest BCUT2D eigenvalue weighted by molar-refractivity contribution is -0.153. The Morgan fingerprint density at radius 3 is 2.78 bits per heavy atom. The highest BCUT2D eigenvalue weighted by molar-refractivity contribution is 5.95. The van der Waals surface area contributed by atoms with Gasteiger partial charge in [-0.05, 0) is 44.0 Å². The number of carbonyl (C=O) groups is 1. The van der Waals surface area contributed by atoms with Gasteiger partial charge in [0.15, 0.2) is 6.61 Å². The van der Waals surface area contributed by atoms with Crippen molar-refractivity contribution < 1.29 is 27.1 Å². The highest BCUT2D eigenvalue weighted by Crippen LogP contribution is 2.32. The fourth-order valence-corrected chi connectivity index (χ4v) is 4.09. The molecular formula is C24H20F4N6O2. The first-order valence-electron chi connectivity index (χ1n) is 11.0. The molecule has 0 saturated carbocycles. The third-order valence-corrected chi connectivity index (χ3v) is 5.81. The number of carbonyl (C=O) groups excluding carboxylic acids is 1. The predicted octanol–water partition coefficient (Wildman–Crippen LogP) is 4.65. The summed E-state index contributed by atoms with van der Waals surface area (Å²) in [7, 11) is 0. The van der Waals surface area contributed by atoms with Crippen LogP contribution in [0.2, 0.25) is 0 Å². The van der Waals surface area contributed by atoms with Gasteiger partial charge in [-0.2, -0.15) is 13.2 Å². The number of ether oxygens (including phenoxy) is 1. The summed E-state index contributed by atoms with van der Waals surface area (Å²) >= 11 is 0. The average Bonchev–Trinajstić information content (AvgIpc) is 3.44. The number of amides is 1. The van der Waals surface area contributed by atoms with Gasteiger partial charge in [0.05, 0.1) is 23.9 Å². The minimum Gasteiger partial charge on any atom is -0.482 e. The van der Waals surface area contributed by atoms with Gasteiger partial charge in [0.2, 0.25) is 5.91 Å². The van der Waals surface area contributed by atoms with Crippen LogP contribution in [0, 0.1) is 12.7 Å². The lowest BCUT2D eigenvalue weighted by Gasteiger charge is -2.14. The van der Waals surface area contributed by atoms with Crippen LogP contribution in [0.15, 0.2) is 55.1 Å². The molecule has 186 valence electrons. The second-order valence-corrected chi connectivity index (χ2v) is 8.40. The molecule has 1 unspecified atom stereocenters. The number of aromatic nitrogens is 5. The molecule has 1 N–H and O–H groups in total. The molecule has 4 aromatic rings. The maximum absolute atomic E-state index is 14.2. The topological polar surface area (TPSA) is 86.9 Å². The molecule has 1 atom stereocenters. The van der Waals surface area contributed by atoms with Crippen molar-refractivity contribution >= 4 is 11.6 Å². The molecule has 0 fully saturated rings. The van der Waals surface area contributed by atoms with Crippen LogP contribution in [0.5, 0.6) is 5.75 Å². The summed E-state index contributed by atoms with van der Waals surface area (Å²) in [6.07, 6.45) is 0.756. The van der Waals surface area contributed by atoms with E-state index in [-0.39, 0.29) is 11.7 Å². The molecule has 0 radical (unpaired) electrons. The van der Waals surface area contributed by atoms with Crippen molar-refractivity contribution in [1.82, 2.24) is 24.5 Å². The smallest absolute Gasteiger partial charge is 0.422 e. The monoisotopic (exact) mass is 500 g/mol. The van der Waals surface area contributed by atoms with Crippen LogP contribution in [0.25, 0.3) is 16.9 Å². The first kappa shape index (κ1) is 23.5. The van der Waals surface area contributed by atoms with E-state index in [1.807, 2.05) is 0 Å². The van der Waals surface area contributed by atoms with Crippen LogP contribution in [-0.2, 0) is 11.2 Å². The number of hydrogen-bond donors (Lipinski definition) is 1. The minimum atomic E-state index is -4.52. The van der Waals surface area contributed by atoms with Gasteiger partial charge in [0.1, 0.15) is 23.3 Å². The third kappa shape index (κ3) is 4.79. The maximum atomic E-state index is 14.2. The molecule has 3 heterocycles. The van der Waals surface area contributed by atoms with Crippen LogP contribution in [0.1, 0.15) is 23.7 Å². The number of rotatable bonds is 5. The van der Waals surface area contributed by atoms with Crippen molar-refractivity contribution in [2.45, 2.75) is 32.0 Å². The maximum Gasteiger partial charge on any atom is 0.422 e. The fraction of sp³-hybridized carbons (Fsp3) is 0.250. The number of anilines is 1. The molecule has 2 aromatic carbocycles. The molecule has 8 nitrogen and oxygen atoms in total. The number of fused-ring (bicyclic) bond motifs is 1. The van der Waals surface area contributed by atoms with Gasteiger partial charge in [-0.1, -0.05) is 17.3 Å². The molecule has 0 bridgehead atoms. The number of alkyl halides is 3.